The van der Waals surface area contributed by atoms with E-state index in [4.69, 9.17) is 14.2 Å². The summed E-state index contributed by atoms with van der Waals surface area (Å²) >= 11 is 0. The van der Waals surface area contributed by atoms with Crippen LogP contribution in [0.2, 0.25) is 0 Å². The molecule has 0 aliphatic carbocycles. The first kappa shape index (κ1) is 12.8. The van der Waals surface area contributed by atoms with Crippen LogP contribution in [-0.2, 0) is 4.74 Å². The molecule has 4 heteroatoms. The summed E-state index contributed by atoms with van der Waals surface area (Å²) in [4.78, 5) is 0. The molecule has 3 rings (SSSR count). The van der Waals surface area contributed by atoms with Crippen molar-refractivity contribution >= 4 is 0 Å². The molecule has 0 saturated carbocycles. The van der Waals surface area contributed by atoms with Gasteiger partial charge in [0.15, 0.2) is 0 Å². The van der Waals surface area contributed by atoms with Crippen molar-refractivity contribution in [3.63, 3.8) is 0 Å². The van der Waals surface area contributed by atoms with Crippen molar-refractivity contribution in [2.24, 2.45) is 0 Å². The van der Waals surface area contributed by atoms with Crippen LogP contribution in [0.5, 0.6) is 11.5 Å². The zero-order chi connectivity index (χ0) is 13.3. The normalized spacial score (nSPS) is 29.1. The van der Waals surface area contributed by atoms with Gasteiger partial charge in [-0.15, -0.1) is 0 Å². The van der Waals surface area contributed by atoms with E-state index in [0.29, 0.717) is 6.61 Å². The monoisotopic (exact) mass is 263 g/mol. The van der Waals surface area contributed by atoms with Gasteiger partial charge in [0.2, 0.25) is 0 Å². The van der Waals surface area contributed by atoms with E-state index in [1.165, 1.54) is 0 Å². The Hall–Kier alpha value is -1.26. The molecule has 19 heavy (non-hydrogen) atoms. The summed E-state index contributed by atoms with van der Waals surface area (Å²) in [6, 6.07) is 5.96. The maximum absolute atomic E-state index is 6.28. The van der Waals surface area contributed by atoms with E-state index in [2.05, 4.69) is 5.32 Å². The van der Waals surface area contributed by atoms with Crippen LogP contribution in [0.15, 0.2) is 18.2 Å². The van der Waals surface area contributed by atoms with E-state index in [1.54, 1.807) is 7.11 Å². The fraction of sp³-hybridized carbons (Fsp3) is 0.600. The third-order valence-electron chi connectivity index (χ3n) is 4.02. The van der Waals surface area contributed by atoms with Gasteiger partial charge in [-0.3, -0.25) is 0 Å². The van der Waals surface area contributed by atoms with Crippen molar-refractivity contribution in [3.8, 4) is 11.5 Å². The molecule has 2 atom stereocenters. The molecule has 1 aromatic rings. The van der Waals surface area contributed by atoms with Gasteiger partial charge in [0.05, 0.1) is 18.8 Å². The number of hydrogen-bond donors (Lipinski definition) is 1. The van der Waals surface area contributed by atoms with Gasteiger partial charge in [-0.2, -0.15) is 0 Å². The van der Waals surface area contributed by atoms with Gasteiger partial charge in [-0.25, -0.2) is 0 Å². The number of benzene rings is 1. The first-order valence-corrected chi connectivity index (χ1v) is 6.96. The van der Waals surface area contributed by atoms with Crippen molar-refractivity contribution < 1.29 is 14.2 Å². The van der Waals surface area contributed by atoms with Crippen LogP contribution in [0.3, 0.4) is 0 Å². The predicted molar refractivity (Wildman–Crippen MR) is 72.8 cm³/mol. The minimum Gasteiger partial charge on any atom is -0.496 e. The van der Waals surface area contributed by atoms with Gasteiger partial charge in [0.1, 0.15) is 17.1 Å². The van der Waals surface area contributed by atoms with Crippen molar-refractivity contribution in [1.29, 1.82) is 0 Å². The SMILES string of the molecule is CCOC1CC2(CCNC2)Oc2cccc(OC)c21. The second-order valence-corrected chi connectivity index (χ2v) is 5.23. The van der Waals surface area contributed by atoms with Gasteiger partial charge in [-0.05, 0) is 25.6 Å². The van der Waals surface area contributed by atoms with Gasteiger partial charge < -0.3 is 19.5 Å². The standard InChI is InChI=1S/C15H21NO3/c1-3-18-13-9-15(7-8-16-10-15)19-12-6-4-5-11(17-2)14(12)13/h4-6,13,16H,3,7-10H2,1-2H3. The summed E-state index contributed by atoms with van der Waals surface area (Å²) < 4.78 is 17.7. The van der Waals surface area contributed by atoms with E-state index >= 15 is 0 Å². The van der Waals surface area contributed by atoms with Crippen LogP contribution >= 0.6 is 0 Å². The lowest BCUT2D eigenvalue weighted by Gasteiger charge is -2.39. The molecule has 2 aliphatic rings. The Morgan fingerprint density at radius 3 is 3.05 bits per heavy atom. The van der Waals surface area contributed by atoms with Crippen molar-refractivity contribution in [1.82, 2.24) is 5.32 Å². The molecule has 1 fully saturated rings. The zero-order valence-electron chi connectivity index (χ0n) is 11.6. The van der Waals surface area contributed by atoms with Crippen molar-refractivity contribution in [2.45, 2.75) is 31.5 Å². The third kappa shape index (κ3) is 2.19. The van der Waals surface area contributed by atoms with Crippen LogP contribution in [-0.4, -0.2) is 32.4 Å². The maximum Gasteiger partial charge on any atom is 0.129 e. The quantitative estimate of drug-likeness (QED) is 0.908. The van der Waals surface area contributed by atoms with Crippen LogP contribution in [0.25, 0.3) is 0 Å². The predicted octanol–water partition coefficient (Wildman–Crippen LogP) is 2.29. The van der Waals surface area contributed by atoms with Crippen molar-refractivity contribution in [2.75, 3.05) is 26.8 Å². The van der Waals surface area contributed by atoms with E-state index in [1.807, 2.05) is 25.1 Å². The highest BCUT2D eigenvalue weighted by Gasteiger charge is 2.44. The Bertz CT molecular complexity index is 455. The van der Waals surface area contributed by atoms with Crippen LogP contribution in [0.1, 0.15) is 31.4 Å². The zero-order valence-corrected chi connectivity index (χ0v) is 11.6. The lowest BCUT2D eigenvalue weighted by molar-refractivity contribution is -0.0366. The molecule has 2 aliphatic heterocycles. The molecule has 0 radical (unpaired) electrons. The summed E-state index contributed by atoms with van der Waals surface area (Å²) in [5.41, 5.74) is 0.948. The average molecular weight is 263 g/mol. The Morgan fingerprint density at radius 1 is 1.47 bits per heavy atom. The van der Waals surface area contributed by atoms with Gasteiger partial charge >= 0.3 is 0 Å². The summed E-state index contributed by atoms with van der Waals surface area (Å²) in [7, 11) is 1.69. The van der Waals surface area contributed by atoms with Crippen LogP contribution in [0, 0.1) is 0 Å². The molecule has 104 valence electrons. The van der Waals surface area contributed by atoms with E-state index in [0.717, 1.165) is 43.0 Å². The van der Waals surface area contributed by atoms with Crippen LogP contribution in [0.4, 0.5) is 0 Å². The smallest absolute Gasteiger partial charge is 0.129 e. The molecule has 0 aromatic heterocycles. The molecule has 0 bridgehead atoms. The molecule has 1 spiro atoms. The lowest BCUT2D eigenvalue weighted by atomic mass is 9.87. The summed E-state index contributed by atoms with van der Waals surface area (Å²) in [6.45, 7) is 4.64. The summed E-state index contributed by atoms with van der Waals surface area (Å²) in [6.07, 6.45) is 1.99. The lowest BCUT2D eigenvalue weighted by Crippen LogP contribution is -2.43. The topological polar surface area (TPSA) is 39.7 Å². The number of hydrogen-bond acceptors (Lipinski definition) is 4. The molecule has 1 aromatic carbocycles. The maximum atomic E-state index is 6.28. The minimum atomic E-state index is -0.112. The number of fused-ring (bicyclic) bond motifs is 1. The second-order valence-electron chi connectivity index (χ2n) is 5.23. The average Bonchev–Trinajstić information content (AvgIpc) is 2.86. The highest BCUT2D eigenvalue weighted by molar-refractivity contribution is 5.48. The Kier molecular flexibility index (Phi) is 3.37. The van der Waals surface area contributed by atoms with Crippen molar-refractivity contribution in [3.05, 3.63) is 23.8 Å². The fourth-order valence-corrected chi connectivity index (χ4v) is 3.15. The molecule has 1 N–H and O–H groups in total. The number of rotatable bonds is 3. The molecule has 2 heterocycles. The van der Waals surface area contributed by atoms with Crippen LogP contribution < -0.4 is 14.8 Å². The highest BCUT2D eigenvalue weighted by atomic mass is 16.5. The molecule has 0 amide bonds. The molecule has 1 saturated heterocycles. The van der Waals surface area contributed by atoms with Gasteiger partial charge in [-0.1, -0.05) is 6.07 Å². The first-order valence-electron chi connectivity index (χ1n) is 6.96. The number of methoxy groups -OCH3 is 1. The first-order chi connectivity index (χ1) is 9.28. The van der Waals surface area contributed by atoms with E-state index in [-0.39, 0.29) is 11.7 Å². The highest BCUT2D eigenvalue weighted by Crippen LogP contribution is 2.47. The second kappa shape index (κ2) is 5.02. The van der Waals surface area contributed by atoms with E-state index in [9.17, 15) is 0 Å². The third-order valence-corrected chi connectivity index (χ3v) is 4.02. The molecular weight excluding hydrogens is 242 g/mol. The van der Waals surface area contributed by atoms with Gasteiger partial charge in [0, 0.05) is 26.0 Å². The molecule has 4 nitrogen and oxygen atoms in total. The summed E-state index contributed by atoms with van der Waals surface area (Å²) in [5.74, 6) is 1.77. The largest absolute Gasteiger partial charge is 0.496 e. The Labute approximate surface area is 114 Å². The number of ether oxygens (including phenoxy) is 3. The Balaban J connectivity index is 2.00. The molecular formula is C15H21NO3. The summed E-state index contributed by atoms with van der Waals surface area (Å²) in [5, 5.41) is 3.39. The fourth-order valence-electron chi connectivity index (χ4n) is 3.15. The molecule has 2 unspecified atom stereocenters. The van der Waals surface area contributed by atoms with Gasteiger partial charge in [0.25, 0.3) is 0 Å². The Morgan fingerprint density at radius 2 is 2.37 bits per heavy atom. The van der Waals surface area contributed by atoms with E-state index < -0.39 is 0 Å². The number of nitrogens with one attached hydrogen (secondary N) is 1. The minimum absolute atomic E-state index is 0.0600.